The Labute approximate surface area is 122 Å². The second kappa shape index (κ2) is 6.57. The summed E-state index contributed by atoms with van der Waals surface area (Å²) in [6, 6.07) is 4.08. The molecule has 1 aromatic heterocycles. The van der Waals surface area contributed by atoms with E-state index in [-0.39, 0.29) is 5.91 Å². The van der Waals surface area contributed by atoms with Gasteiger partial charge in [0, 0.05) is 18.6 Å². The van der Waals surface area contributed by atoms with Gasteiger partial charge in [-0.2, -0.15) is 0 Å². The fraction of sp³-hybridized carbons (Fsp3) is 0.643. The molecule has 0 unspecified atom stereocenters. The van der Waals surface area contributed by atoms with Gasteiger partial charge in [0.15, 0.2) is 10.4 Å². The zero-order chi connectivity index (χ0) is 13.8. The molecule has 0 aliphatic heterocycles. The van der Waals surface area contributed by atoms with Gasteiger partial charge in [0.25, 0.3) is 5.91 Å². The number of carbonyl (C=O) groups is 1. The number of nitrogens with zero attached hydrogens (tertiary/aromatic N) is 1. The van der Waals surface area contributed by atoms with Gasteiger partial charge in [0.05, 0.1) is 0 Å². The molecule has 1 saturated carbocycles. The number of amides is 1. The molecule has 0 saturated heterocycles. The van der Waals surface area contributed by atoms with Crippen LogP contribution in [-0.2, 0) is 0 Å². The number of furan rings is 1. The lowest BCUT2D eigenvalue weighted by Crippen LogP contribution is -2.44. The summed E-state index contributed by atoms with van der Waals surface area (Å²) < 4.78 is 5.98. The maximum absolute atomic E-state index is 12.5. The Kier molecular flexibility index (Phi) is 5.05. The Balaban J connectivity index is 2.08. The normalized spacial score (nSPS) is 23.3. The maximum atomic E-state index is 12.5. The van der Waals surface area contributed by atoms with E-state index >= 15 is 0 Å². The van der Waals surface area contributed by atoms with Crippen molar-refractivity contribution < 1.29 is 9.21 Å². The monoisotopic (exact) mass is 328 g/mol. The van der Waals surface area contributed by atoms with Gasteiger partial charge < -0.3 is 15.1 Å². The zero-order valence-electron chi connectivity index (χ0n) is 11.3. The molecule has 1 aromatic rings. The maximum Gasteiger partial charge on any atom is 0.289 e. The van der Waals surface area contributed by atoms with Crippen molar-refractivity contribution in [3.63, 3.8) is 0 Å². The molecule has 0 spiro atoms. The van der Waals surface area contributed by atoms with Crippen LogP contribution in [0.5, 0.6) is 0 Å². The average molecular weight is 329 g/mol. The van der Waals surface area contributed by atoms with E-state index in [4.69, 9.17) is 10.2 Å². The summed E-state index contributed by atoms with van der Waals surface area (Å²) in [6.07, 6.45) is 4.94. The number of rotatable bonds is 4. The molecule has 5 heteroatoms. The smallest absolute Gasteiger partial charge is 0.289 e. The Morgan fingerprint density at radius 1 is 1.42 bits per heavy atom. The summed E-state index contributed by atoms with van der Waals surface area (Å²) in [4.78, 5) is 14.5. The highest BCUT2D eigenvalue weighted by molar-refractivity contribution is 9.10. The average Bonchev–Trinajstić information content (AvgIpc) is 2.83. The minimum atomic E-state index is -0.00646. The van der Waals surface area contributed by atoms with Crippen LogP contribution in [-0.4, -0.2) is 29.4 Å². The molecule has 0 aromatic carbocycles. The van der Waals surface area contributed by atoms with Gasteiger partial charge in [-0.25, -0.2) is 0 Å². The van der Waals surface area contributed by atoms with E-state index in [2.05, 4.69) is 22.9 Å². The van der Waals surface area contributed by atoms with Crippen LogP contribution in [0.3, 0.4) is 0 Å². The van der Waals surface area contributed by atoms with Crippen LogP contribution >= 0.6 is 15.9 Å². The van der Waals surface area contributed by atoms with Gasteiger partial charge in [-0.15, -0.1) is 0 Å². The van der Waals surface area contributed by atoms with E-state index in [9.17, 15) is 4.79 Å². The van der Waals surface area contributed by atoms with E-state index in [1.54, 1.807) is 12.1 Å². The SMILES string of the molecule is CCCN(C(=O)c1ccc(Br)o1)C1CCC(N)CC1. The summed E-state index contributed by atoms with van der Waals surface area (Å²) in [5.74, 6) is 0.406. The molecule has 1 aliphatic rings. The summed E-state index contributed by atoms with van der Waals surface area (Å²) in [5, 5.41) is 0. The topological polar surface area (TPSA) is 59.5 Å². The van der Waals surface area contributed by atoms with Gasteiger partial charge in [-0.3, -0.25) is 4.79 Å². The van der Waals surface area contributed by atoms with E-state index < -0.39 is 0 Å². The second-order valence-electron chi connectivity index (χ2n) is 5.17. The largest absolute Gasteiger partial charge is 0.444 e. The summed E-state index contributed by atoms with van der Waals surface area (Å²) in [6.45, 7) is 2.87. The van der Waals surface area contributed by atoms with Crippen molar-refractivity contribution in [1.29, 1.82) is 0 Å². The lowest BCUT2D eigenvalue weighted by atomic mass is 9.90. The zero-order valence-corrected chi connectivity index (χ0v) is 12.9. The van der Waals surface area contributed by atoms with Crippen molar-refractivity contribution in [1.82, 2.24) is 4.90 Å². The third-order valence-electron chi connectivity index (χ3n) is 3.69. The van der Waals surface area contributed by atoms with Crippen molar-refractivity contribution in [3.8, 4) is 0 Å². The minimum Gasteiger partial charge on any atom is -0.444 e. The second-order valence-corrected chi connectivity index (χ2v) is 5.95. The molecule has 1 amide bonds. The first kappa shape index (κ1) is 14.6. The van der Waals surface area contributed by atoms with Crippen LogP contribution in [0.1, 0.15) is 49.6 Å². The molecular weight excluding hydrogens is 308 g/mol. The lowest BCUT2D eigenvalue weighted by Gasteiger charge is -2.35. The van der Waals surface area contributed by atoms with Crippen LogP contribution in [0.2, 0.25) is 0 Å². The fourth-order valence-electron chi connectivity index (χ4n) is 2.67. The molecule has 1 heterocycles. The van der Waals surface area contributed by atoms with Gasteiger partial charge >= 0.3 is 0 Å². The Morgan fingerprint density at radius 2 is 2.11 bits per heavy atom. The highest BCUT2D eigenvalue weighted by Crippen LogP contribution is 2.25. The first-order chi connectivity index (χ1) is 9.11. The molecule has 0 bridgehead atoms. The molecule has 0 atom stereocenters. The fourth-order valence-corrected chi connectivity index (χ4v) is 2.98. The van der Waals surface area contributed by atoms with Crippen LogP contribution in [0.25, 0.3) is 0 Å². The Morgan fingerprint density at radius 3 is 2.63 bits per heavy atom. The van der Waals surface area contributed by atoms with E-state index in [1.165, 1.54) is 0 Å². The number of halogens is 1. The van der Waals surface area contributed by atoms with E-state index in [0.29, 0.717) is 22.5 Å². The Bertz CT molecular complexity index is 425. The predicted molar refractivity (Wildman–Crippen MR) is 78.0 cm³/mol. The molecule has 4 nitrogen and oxygen atoms in total. The van der Waals surface area contributed by atoms with Crippen molar-refractivity contribution in [2.75, 3.05) is 6.54 Å². The van der Waals surface area contributed by atoms with Crippen LogP contribution in [0, 0.1) is 0 Å². The molecule has 19 heavy (non-hydrogen) atoms. The molecule has 0 radical (unpaired) electrons. The van der Waals surface area contributed by atoms with Crippen molar-refractivity contribution in [2.45, 2.75) is 51.1 Å². The van der Waals surface area contributed by atoms with Gasteiger partial charge in [0.2, 0.25) is 0 Å². The molecular formula is C14H21BrN2O2. The highest BCUT2D eigenvalue weighted by atomic mass is 79.9. The standard InChI is InChI=1S/C14H21BrN2O2/c1-2-9-17(11-5-3-10(16)4-6-11)14(18)12-7-8-13(15)19-12/h7-8,10-11H,2-6,9,16H2,1H3. The number of nitrogens with two attached hydrogens (primary N) is 1. The van der Waals surface area contributed by atoms with E-state index in [1.807, 2.05) is 4.90 Å². The molecule has 2 rings (SSSR count). The van der Waals surface area contributed by atoms with Gasteiger partial charge in [0.1, 0.15) is 0 Å². The van der Waals surface area contributed by atoms with E-state index in [0.717, 1.165) is 38.6 Å². The summed E-state index contributed by atoms with van der Waals surface area (Å²) in [7, 11) is 0. The lowest BCUT2D eigenvalue weighted by molar-refractivity contribution is 0.0593. The van der Waals surface area contributed by atoms with Crippen molar-refractivity contribution >= 4 is 21.8 Å². The highest BCUT2D eigenvalue weighted by Gasteiger charge is 2.29. The summed E-state index contributed by atoms with van der Waals surface area (Å²) in [5.41, 5.74) is 5.93. The third-order valence-corrected chi connectivity index (χ3v) is 4.12. The summed E-state index contributed by atoms with van der Waals surface area (Å²) >= 11 is 3.24. The molecule has 106 valence electrons. The number of hydrogen-bond acceptors (Lipinski definition) is 3. The van der Waals surface area contributed by atoms with Gasteiger partial charge in [-0.05, 0) is 60.2 Å². The molecule has 1 fully saturated rings. The quantitative estimate of drug-likeness (QED) is 0.923. The molecule has 1 aliphatic carbocycles. The predicted octanol–water partition coefficient (Wildman–Crippen LogP) is 3.16. The van der Waals surface area contributed by atoms with Gasteiger partial charge in [-0.1, -0.05) is 6.92 Å². The first-order valence-electron chi connectivity index (χ1n) is 6.93. The minimum absolute atomic E-state index is 0.00646. The number of hydrogen-bond donors (Lipinski definition) is 1. The Hall–Kier alpha value is -0.810. The molecule has 2 N–H and O–H groups in total. The van der Waals surface area contributed by atoms with Crippen molar-refractivity contribution in [2.24, 2.45) is 5.73 Å². The van der Waals surface area contributed by atoms with Crippen LogP contribution < -0.4 is 5.73 Å². The van der Waals surface area contributed by atoms with Crippen LogP contribution in [0.4, 0.5) is 0 Å². The number of carbonyl (C=O) groups excluding carboxylic acids is 1. The van der Waals surface area contributed by atoms with Crippen LogP contribution in [0.15, 0.2) is 21.2 Å². The first-order valence-corrected chi connectivity index (χ1v) is 7.73. The van der Waals surface area contributed by atoms with Crippen molar-refractivity contribution in [3.05, 3.63) is 22.6 Å². The third kappa shape index (κ3) is 3.60.